The van der Waals surface area contributed by atoms with E-state index < -0.39 is 35.0 Å². The minimum Gasteiger partial charge on any atom is -0.482 e. The molecule has 1 saturated heterocycles. The van der Waals surface area contributed by atoms with Gasteiger partial charge in [0.05, 0.1) is 18.9 Å². The summed E-state index contributed by atoms with van der Waals surface area (Å²) in [6, 6.07) is 9.25. The van der Waals surface area contributed by atoms with E-state index in [2.05, 4.69) is 36.5 Å². The topological polar surface area (TPSA) is 131 Å². The van der Waals surface area contributed by atoms with Crippen molar-refractivity contribution < 1.29 is 37.4 Å². The molecule has 3 heterocycles. The van der Waals surface area contributed by atoms with E-state index in [9.17, 15) is 18.8 Å². The summed E-state index contributed by atoms with van der Waals surface area (Å²) in [4.78, 5) is 49.0. The molecule has 14 heteroatoms. The van der Waals surface area contributed by atoms with Crippen LogP contribution in [-0.4, -0.2) is 66.7 Å². The molecule has 0 spiro atoms. The Bertz CT molecular complexity index is 1690. The van der Waals surface area contributed by atoms with E-state index in [1.807, 2.05) is 6.92 Å². The van der Waals surface area contributed by atoms with E-state index in [-0.39, 0.29) is 35.7 Å². The van der Waals surface area contributed by atoms with Crippen LogP contribution in [0.25, 0.3) is 0 Å². The molecule has 3 aromatic rings. The van der Waals surface area contributed by atoms with Gasteiger partial charge in [0.2, 0.25) is 17.7 Å². The number of hydrogen-bond donors (Lipinski definition) is 2. The number of carbonyl (C=O) groups excluding carboxylic acids is 3. The normalized spacial score (nSPS) is 19.5. The van der Waals surface area contributed by atoms with E-state index in [0.29, 0.717) is 60.6 Å². The molecule has 0 bridgehead atoms. The van der Waals surface area contributed by atoms with Crippen LogP contribution in [0.3, 0.4) is 0 Å². The third-order valence-corrected chi connectivity index (χ3v) is 8.79. The quantitative estimate of drug-likeness (QED) is 0.294. The molecule has 2 unspecified atom stereocenters. The molecule has 2 N–H and O–H groups in total. The van der Waals surface area contributed by atoms with Gasteiger partial charge in [-0.3, -0.25) is 19.4 Å². The van der Waals surface area contributed by atoms with Crippen molar-refractivity contribution in [2.24, 2.45) is 16.3 Å². The van der Waals surface area contributed by atoms with Crippen LogP contribution in [0.2, 0.25) is 0 Å². The zero-order valence-corrected chi connectivity index (χ0v) is 26.3. The van der Waals surface area contributed by atoms with Crippen LogP contribution in [0.4, 0.5) is 25.8 Å². The lowest BCUT2D eigenvalue weighted by molar-refractivity contribution is -0.137. The molecule has 2 aliphatic heterocycles. The van der Waals surface area contributed by atoms with E-state index in [1.165, 1.54) is 42.6 Å². The maximum absolute atomic E-state index is 15.3. The summed E-state index contributed by atoms with van der Waals surface area (Å²) in [6.45, 7) is 3.65. The van der Waals surface area contributed by atoms with Gasteiger partial charge in [0, 0.05) is 54.4 Å². The number of benzene rings is 2. The third-order valence-electron chi connectivity index (χ3n) is 8.07. The molecule has 11 nitrogen and oxygen atoms in total. The van der Waals surface area contributed by atoms with Crippen molar-refractivity contribution >= 4 is 56.9 Å². The number of carbonyl (C=O) groups is 3. The molecule has 2 atom stereocenters. The Hall–Kier alpha value is -4.43. The molecule has 3 amide bonds. The highest BCUT2D eigenvalue weighted by Crippen LogP contribution is 2.48. The van der Waals surface area contributed by atoms with Crippen molar-refractivity contribution in [3.63, 3.8) is 0 Å². The summed E-state index contributed by atoms with van der Waals surface area (Å²) in [5.41, 5.74) is 0.316. The number of aliphatic imine (C=N–C) groups is 1. The van der Waals surface area contributed by atoms with Gasteiger partial charge in [-0.05, 0) is 65.2 Å². The number of fused-ring (bicyclic) bond motifs is 1. The van der Waals surface area contributed by atoms with Crippen molar-refractivity contribution in [1.29, 1.82) is 0 Å². The van der Waals surface area contributed by atoms with E-state index in [0.717, 1.165) is 6.07 Å². The van der Waals surface area contributed by atoms with Crippen LogP contribution in [0.5, 0.6) is 11.6 Å². The SMILES string of the molecule is CC1C=Nc2c(cnc(OCC(=O)N3CCOCC3)c2Br)C1Oc1ccc(NC(=O)C2(C(=O)Nc3ccc(F)cc3)CC2)cc1F. The molecule has 46 heavy (non-hydrogen) atoms. The molecule has 240 valence electrons. The van der Waals surface area contributed by atoms with Crippen molar-refractivity contribution in [3.05, 3.63) is 70.3 Å². The number of amides is 3. The first-order valence-electron chi connectivity index (χ1n) is 14.7. The second-order valence-corrected chi connectivity index (χ2v) is 12.1. The van der Waals surface area contributed by atoms with Gasteiger partial charge in [0.15, 0.2) is 18.2 Å². The van der Waals surface area contributed by atoms with E-state index >= 15 is 4.39 Å². The van der Waals surface area contributed by atoms with Crippen LogP contribution in [0.15, 0.2) is 58.1 Å². The zero-order chi connectivity index (χ0) is 32.4. The maximum Gasteiger partial charge on any atom is 0.260 e. The summed E-state index contributed by atoms with van der Waals surface area (Å²) in [5.74, 6) is -2.53. The number of nitrogens with zero attached hydrogens (tertiary/aromatic N) is 3. The van der Waals surface area contributed by atoms with Gasteiger partial charge >= 0.3 is 0 Å². The fraction of sp³-hybridized carbons (Fsp3) is 0.344. The second-order valence-electron chi connectivity index (χ2n) is 11.3. The summed E-state index contributed by atoms with van der Waals surface area (Å²) in [7, 11) is 0. The number of morpholine rings is 1. The average Bonchev–Trinajstić information content (AvgIpc) is 3.87. The Morgan fingerprint density at radius 1 is 1.04 bits per heavy atom. The molecule has 3 aliphatic rings. The highest BCUT2D eigenvalue weighted by Gasteiger charge is 2.56. The van der Waals surface area contributed by atoms with Gasteiger partial charge in [-0.25, -0.2) is 13.8 Å². The maximum atomic E-state index is 15.3. The standard InChI is InChI=1S/C32H30BrF2N5O6/c1-18-15-36-27-22(16-37-29(26(27)33)45-17-25(41)40-10-12-44-13-11-40)28(18)46-24-7-6-21(14-23(24)35)39-31(43)32(8-9-32)30(42)38-20-4-2-19(34)3-5-20/h2-7,14-16,18,28H,8-13,17H2,1H3,(H,38,42)(H,39,43). The Balaban J connectivity index is 1.11. The lowest BCUT2D eigenvalue weighted by atomic mass is 9.95. The molecule has 1 aliphatic carbocycles. The second kappa shape index (κ2) is 13.1. The highest BCUT2D eigenvalue weighted by molar-refractivity contribution is 9.10. The minimum absolute atomic E-state index is 0.0566. The number of halogens is 3. The Kier molecular flexibility index (Phi) is 9.00. The lowest BCUT2D eigenvalue weighted by Crippen LogP contribution is -2.43. The van der Waals surface area contributed by atoms with Crippen LogP contribution in [-0.2, 0) is 19.1 Å². The summed E-state index contributed by atoms with van der Waals surface area (Å²) in [6.07, 6.45) is 3.22. The van der Waals surface area contributed by atoms with Gasteiger partial charge in [-0.2, -0.15) is 0 Å². The van der Waals surface area contributed by atoms with Crippen LogP contribution in [0.1, 0.15) is 31.4 Å². The predicted octanol–water partition coefficient (Wildman–Crippen LogP) is 5.19. The van der Waals surface area contributed by atoms with Crippen molar-refractivity contribution in [2.75, 3.05) is 43.5 Å². The number of aromatic nitrogens is 1. The number of hydrogen-bond acceptors (Lipinski definition) is 8. The first-order chi connectivity index (χ1) is 22.1. The summed E-state index contributed by atoms with van der Waals surface area (Å²) in [5, 5.41) is 5.27. The van der Waals surface area contributed by atoms with E-state index in [1.54, 1.807) is 11.1 Å². The van der Waals surface area contributed by atoms with Gasteiger partial charge in [0.25, 0.3) is 5.91 Å². The molecule has 1 aromatic heterocycles. The van der Waals surface area contributed by atoms with Crippen molar-refractivity contribution in [1.82, 2.24) is 9.88 Å². The van der Waals surface area contributed by atoms with Gasteiger partial charge < -0.3 is 29.7 Å². The van der Waals surface area contributed by atoms with Crippen molar-refractivity contribution in [2.45, 2.75) is 25.9 Å². The van der Waals surface area contributed by atoms with Gasteiger partial charge in [0.1, 0.15) is 21.8 Å². The number of nitrogens with one attached hydrogen (secondary N) is 2. The highest BCUT2D eigenvalue weighted by atomic mass is 79.9. The zero-order valence-electron chi connectivity index (χ0n) is 24.7. The monoisotopic (exact) mass is 697 g/mol. The fourth-order valence-corrected chi connectivity index (χ4v) is 5.75. The lowest BCUT2D eigenvalue weighted by Gasteiger charge is -2.28. The third kappa shape index (κ3) is 6.58. The molecular formula is C32H30BrF2N5O6. The number of rotatable bonds is 9. The van der Waals surface area contributed by atoms with Crippen molar-refractivity contribution in [3.8, 4) is 11.6 Å². The van der Waals surface area contributed by atoms with Crippen LogP contribution >= 0.6 is 15.9 Å². The van der Waals surface area contributed by atoms with Crippen LogP contribution in [0, 0.1) is 23.0 Å². The van der Waals surface area contributed by atoms with Crippen LogP contribution < -0.4 is 20.1 Å². The van der Waals surface area contributed by atoms with E-state index in [4.69, 9.17) is 14.2 Å². The Labute approximate surface area is 271 Å². The number of anilines is 2. The summed E-state index contributed by atoms with van der Waals surface area (Å²) >= 11 is 3.49. The largest absolute Gasteiger partial charge is 0.482 e. The average molecular weight is 699 g/mol. The fourth-order valence-electron chi connectivity index (χ4n) is 5.20. The minimum atomic E-state index is -1.29. The first kappa shape index (κ1) is 31.5. The molecule has 1 saturated carbocycles. The Morgan fingerprint density at radius 2 is 1.72 bits per heavy atom. The predicted molar refractivity (Wildman–Crippen MR) is 167 cm³/mol. The van der Waals surface area contributed by atoms with Gasteiger partial charge in [-0.1, -0.05) is 6.92 Å². The number of pyridine rings is 1. The molecular weight excluding hydrogens is 668 g/mol. The molecule has 2 aromatic carbocycles. The first-order valence-corrected chi connectivity index (χ1v) is 15.5. The van der Waals surface area contributed by atoms with Gasteiger partial charge in [-0.15, -0.1) is 0 Å². The smallest absolute Gasteiger partial charge is 0.260 e. The Morgan fingerprint density at radius 3 is 2.39 bits per heavy atom. The molecule has 6 rings (SSSR count). The molecule has 2 fully saturated rings. The molecule has 0 radical (unpaired) electrons. The number of ether oxygens (including phenoxy) is 3. The summed E-state index contributed by atoms with van der Waals surface area (Å²) < 4.78 is 46.0.